The second kappa shape index (κ2) is 6.23. The Bertz CT molecular complexity index is 632. The van der Waals surface area contributed by atoms with E-state index in [9.17, 15) is 9.90 Å². The summed E-state index contributed by atoms with van der Waals surface area (Å²) in [5, 5.41) is 10.4. The Morgan fingerprint density at radius 2 is 1.82 bits per heavy atom. The Morgan fingerprint density at radius 1 is 1.27 bits per heavy atom. The summed E-state index contributed by atoms with van der Waals surface area (Å²) in [4.78, 5) is 15.5. The van der Waals surface area contributed by atoms with Crippen molar-refractivity contribution in [3.8, 4) is 17.2 Å². The van der Waals surface area contributed by atoms with Gasteiger partial charge < -0.3 is 19.5 Å². The molecule has 1 saturated heterocycles. The number of phenolic OH excluding ortho intramolecular Hbond substituents is 1. The second-order valence-corrected chi connectivity index (χ2v) is 5.06. The zero-order valence-corrected chi connectivity index (χ0v) is 13.7. The number of hydrogen-bond acceptors (Lipinski definition) is 5. The van der Waals surface area contributed by atoms with E-state index >= 15 is 0 Å². The lowest BCUT2D eigenvalue weighted by molar-refractivity contribution is -0.122. The molecule has 1 aliphatic heterocycles. The van der Waals surface area contributed by atoms with Gasteiger partial charge in [-0.1, -0.05) is 0 Å². The predicted octanol–water partition coefficient (Wildman–Crippen LogP) is 1.83. The molecule has 0 unspecified atom stereocenters. The number of rotatable bonds is 4. The van der Waals surface area contributed by atoms with Crippen molar-refractivity contribution < 1.29 is 19.4 Å². The van der Waals surface area contributed by atoms with Gasteiger partial charge in [-0.3, -0.25) is 9.69 Å². The zero-order chi connectivity index (χ0) is 16.4. The third-order valence-corrected chi connectivity index (χ3v) is 3.96. The number of amides is 1. The minimum absolute atomic E-state index is 0.0797. The van der Waals surface area contributed by atoms with Crippen molar-refractivity contribution >= 4 is 29.3 Å². The first-order valence-electron chi connectivity index (χ1n) is 6.70. The van der Waals surface area contributed by atoms with E-state index in [1.54, 1.807) is 30.2 Å². The van der Waals surface area contributed by atoms with Crippen molar-refractivity contribution in [3.63, 3.8) is 0 Å². The number of methoxy groups -OCH3 is 2. The van der Waals surface area contributed by atoms with E-state index in [1.165, 1.54) is 19.1 Å². The first-order chi connectivity index (χ1) is 10.4. The molecule has 1 aromatic rings. The maximum Gasteiger partial charge on any atom is 0.276 e. The number of likely N-dealkylation sites (N-methyl/N-ethyl adjacent to an activating group) is 2. The van der Waals surface area contributed by atoms with Crippen LogP contribution in [0.3, 0.4) is 0 Å². The number of carbonyl (C=O) groups is 1. The highest BCUT2D eigenvalue weighted by Gasteiger charge is 2.34. The molecule has 0 spiro atoms. The molecule has 1 aliphatic rings. The second-order valence-electron chi connectivity index (χ2n) is 4.69. The van der Waals surface area contributed by atoms with Crippen LogP contribution in [-0.4, -0.2) is 53.7 Å². The van der Waals surface area contributed by atoms with Crippen molar-refractivity contribution in [2.24, 2.45) is 0 Å². The molecule has 118 valence electrons. The third-order valence-electron chi connectivity index (χ3n) is 3.47. The highest BCUT2D eigenvalue weighted by Crippen LogP contribution is 2.38. The fourth-order valence-corrected chi connectivity index (χ4v) is 2.56. The molecule has 22 heavy (non-hydrogen) atoms. The summed E-state index contributed by atoms with van der Waals surface area (Å²) in [6.45, 7) is 2.38. The van der Waals surface area contributed by atoms with Gasteiger partial charge in [-0.25, -0.2) is 0 Å². The maximum absolute atomic E-state index is 12.4. The molecular formula is C15H18N2O4S. The number of benzene rings is 1. The van der Waals surface area contributed by atoms with E-state index < -0.39 is 0 Å². The summed E-state index contributed by atoms with van der Waals surface area (Å²) >= 11 is 5.25. The average molecular weight is 322 g/mol. The van der Waals surface area contributed by atoms with Gasteiger partial charge in [-0.2, -0.15) is 0 Å². The summed E-state index contributed by atoms with van der Waals surface area (Å²) in [6, 6.07) is 3.26. The van der Waals surface area contributed by atoms with Crippen LogP contribution in [0.2, 0.25) is 0 Å². The van der Waals surface area contributed by atoms with Crippen molar-refractivity contribution in [1.82, 2.24) is 9.80 Å². The Morgan fingerprint density at radius 3 is 2.23 bits per heavy atom. The number of aromatic hydroxyl groups is 1. The van der Waals surface area contributed by atoms with Crippen molar-refractivity contribution in [2.75, 3.05) is 27.8 Å². The average Bonchev–Trinajstić information content (AvgIpc) is 2.72. The first-order valence-corrected chi connectivity index (χ1v) is 7.11. The van der Waals surface area contributed by atoms with Gasteiger partial charge in [0.1, 0.15) is 5.70 Å². The number of nitrogens with zero attached hydrogens (tertiary/aromatic N) is 2. The molecule has 1 amide bonds. The van der Waals surface area contributed by atoms with Crippen LogP contribution in [-0.2, 0) is 4.79 Å². The fourth-order valence-electron chi connectivity index (χ4n) is 2.25. The maximum atomic E-state index is 12.4. The van der Waals surface area contributed by atoms with Gasteiger partial charge in [-0.05, 0) is 42.9 Å². The summed E-state index contributed by atoms with van der Waals surface area (Å²) in [7, 11) is 4.65. The van der Waals surface area contributed by atoms with Crippen LogP contribution in [0.4, 0.5) is 0 Å². The van der Waals surface area contributed by atoms with Crippen LogP contribution in [0.1, 0.15) is 12.5 Å². The quantitative estimate of drug-likeness (QED) is 0.674. The fraction of sp³-hybridized carbons (Fsp3) is 0.333. The van der Waals surface area contributed by atoms with Gasteiger partial charge in [0.15, 0.2) is 16.6 Å². The van der Waals surface area contributed by atoms with Crippen molar-refractivity contribution in [1.29, 1.82) is 0 Å². The zero-order valence-electron chi connectivity index (χ0n) is 12.9. The van der Waals surface area contributed by atoms with E-state index in [-0.39, 0.29) is 23.2 Å². The Labute approximate surface area is 134 Å². The molecular weight excluding hydrogens is 304 g/mol. The number of thiocarbonyl (C=S) groups is 1. The summed E-state index contributed by atoms with van der Waals surface area (Å²) in [5.74, 6) is 0.313. The summed E-state index contributed by atoms with van der Waals surface area (Å²) < 4.78 is 10.2. The van der Waals surface area contributed by atoms with Gasteiger partial charge in [0.25, 0.3) is 5.91 Å². The molecule has 0 atom stereocenters. The van der Waals surface area contributed by atoms with Crippen molar-refractivity contribution in [2.45, 2.75) is 6.92 Å². The third kappa shape index (κ3) is 2.59. The molecule has 7 heteroatoms. The largest absolute Gasteiger partial charge is 0.502 e. The van der Waals surface area contributed by atoms with E-state index in [0.29, 0.717) is 22.9 Å². The van der Waals surface area contributed by atoms with Crippen LogP contribution >= 0.6 is 12.2 Å². The van der Waals surface area contributed by atoms with Gasteiger partial charge in [-0.15, -0.1) is 0 Å². The molecule has 2 rings (SSSR count). The molecule has 0 saturated carbocycles. The van der Waals surface area contributed by atoms with E-state index in [4.69, 9.17) is 21.7 Å². The van der Waals surface area contributed by atoms with Gasteiger partial charge in [0.2, 0.25) is 5.75 Å². The molecule has 1 heterocycles. The van der Waals surface area contributed by atoms with E-state index in [0.717, 1.165) is 0 Å². The predicted molar refractivity (Wildman–Crippen MR) is 86.9 cm³/mol. The topological polar surface area (TPSA) is 62.2 Å². The molecule has 1 aromatic carbocycles. The Kier molecular flexibility index (Phi) is 4.56. The minimum atomic E-state index is -0.152. The smallest absolute Gasteiger partial charge is 0.276 e. The van der Waals surface area contributed by atoms with Crippen LogP contribution < -0.4 is 9.47 Å². The first kappa shape index (κ1) is 16.1. The lowest BCUT2D eigenvalue weighted by Gasteiger charge is -2.13. The molecule has 0 radical (unpaired) electrons. The van der Waals surface area contributed by atoms with Crippen molar-refractivity contribution in [3.05, 3.63) is 23.4 Å². The van der Waals surface area contributed by atoms with Gasteiger partial charge >= 0.3 is 0 Å². The summed E-state index contributed by atoms with van der Waals surface area (Å²) in [5.41, 5.74) is 1.13. The number of carbonyl (C=O) groups excluding carboxylic acids is 1. The van der Waals surface area contributed by atoms with Crippen LogP contribution in [0.25, 0.3) is 6.08 Å². The normalized spacial score (nSPS) is 16.6. The highest BCUT2D eigenvalue weighted by molar-refractivity contribution is 7.80. The van der Waals surface area contributed by atoms with Crippen LogP contribution in [0.15, 0.2) is 17.8 Å². The van der Waals surface area contributed by atoms with Crippen LogP contribution in [0.5, 0.6) is 17.2 Å². The minimum Gasteiger partial charge on any atom is -0.502 e. The number of phenols is 1. The molecule has 0 aliphatic carbocycles. The Balaban J connectivity index is 2.49. The summed E-state index contributed by atoms with van der Waals surface area (Å²) in [6.07, 6.45) is 1.69. The van der Waals surface area contributed by atoms with E-state index in [1.807, 2.05) is 6.92 Å². The number of hydrogen-bond donors (Lipinski definition) is 1. The standard InChI is InChI=1S/C15H18N2O4S/c1-5-17-14(19)10(16(2)15(17)22)6-9-7-11(20-3)13(18)12(8-9)21-4/h6-8,18H,5H2,1-4H3/b10-6-. The SMILES string of the molecule is CCN1C(=O)/C(=C/c2cc(OC)c(O)c(OC)c2)N(C)C1=S. The van der Waals surface area contributed by atoms with E-state index in [2.05, 4.69) is 0 Å². The highest BCUT2D eigenvalue weighted by atomic mass is 32.1. The van der Waals surface area contributed by atoms with Gasteiger partial charge in [0.05, 0.1) is 14.2 Å². The Hall–Kier alpha value is -2.28. The van der Waals surface area contributed by atoms with Crippen LogP contribution in [0, 0.1) is 0 Å². The molecule has 1 N–H and O–H groups in total. The molecule has 6 nitrogen and oxygen atoms in total. The molecule has 0 bridgehead atoms. The lowest BCUT2D eigenvalue weighted by Crippen LogP contribution is -2.30. The molecule has 0 aromatic heterocycles. The lowest BCUT2D eigenvalue weighted by atomic mass is 10.1. The molecule has 1 fully saturated rings. The van der Waals surface area contributed by atoms with Gasteiger partial charge in [0, 0.05) is 13.6 Å². The number of ether oxygens (including phenoxy) is 2. The monoisotopic (exact) mass is 322 g/mol.